The van der Waals surface area contributed by atoms with Crippen molar-refractivity contribution in [3.05, 3.63) is 23.8 Å². The lowest BCUT2D eigenvalue weighted by Gasteiger charge is -2.23. The molecule has 2 aliphatic rings. The second-order valence-corrected chi connectivity index (χ2v) is 5.44. The van der Waals surface area contributed by atoms with Gasteiger partial charge in [0.1, 0.15) is 19.3 Å². The van der Waals surface area contributed by atoms with Gasteiger partial charge in [-0.2, -0.15) is 0 Å². The zero-order valence-corrected chi connectivity index (χ0v) is 11.5. The molecule has 0 radical (unpaired) electrons. The van der Waals surface area contributed by atoms with Gasteiger partial charge in [0, 0.05) is 6.04 Å². The highest BCUT2D eigenvalue weighted by Crippen LogP contribution is 2.35. The van der Waals surface area contributed by atoms with E-state index in [2.05, 4.69) is 5.32 Å². The van der Waals surface area contributed by atoms with Gasteiger partial charge in [-0.3, -0.25) is 10.1 Å². The smallest absolute Gasteiger partial charge is 0.320 e. The van der Waals surface area contributed by atoms with Crippen LogP contribution in [0.25, 0.3) is 0 Å². The van der Waals surface area contributed by atoms with E-state index in [1.165, 1.54) is 0 Å². The van der Waals surface area contributed by atoms with Gasteiger partial charge >= 0.3 is 5.97 Å². The minimum atomic E-state index is -0.767. The average Bonchev–Trinajstić information content (AvgIpc) is 3.28. The Morgan fingerprint density at radius 2 is 2.00 bits per heavy atom. The zero-order valence-electron chi connectivity index (χ0n) is 11.5. The first-order chi connectivity index (χ1) is 9.65. The van der Waals surface area contributed by atoms with Crippen LogP contribution in [0.5, 0.6) is 11.5 Å². The van der Waals surface area contributed by atoms with Gasteiger partial charge in [0.25, 0.3) is 0 Å². The summed E-state index contributed by atoms with van der Waals surface area (Å²) in [5, 5.41) is 12.5. The van der Waals surface area contributed by atoms with Crippen LogP contribution in [0.3, 0.4) is 0 Å². The number of hydrogen-bond donors (Lipinski definition) is 2. The molecule has 0 amide bonds. The number of benzene rings is 1. The molecule has 20 heavy (non-hydrogen) atoms. The topological polar surface area (TPSA) is 67.8 Å². The van der Waals surface area contributed by atoms with Crippen molar-refractivity contribution in [3.63, 3.8) is 0 Å². The number of carboxylic acids is 1. The second kappa shape index (κ2) is 5.32. The highest BCUT2D eigenvalue weighted by molar-refractivity contribution is 5.74. The van der Waals surface area contributed by atoms with E-state index in [0.717, 1.165) is 29.9 Å². The maximum Gasteiger partial charge on any atom is 0.320 e. The van der Waals surface area contributed by atoms with E-state index in [4.69, 9.17) is 9.47 Å². The molecule has 3 rings (SSSR count). The summed E-state index contributed by atoms with van der Waals surface area (Å²) in [6, 6.07) is 5.27. The highest BCUT2D eigenvalue weighted by Gasteiger charge is 2.37. The molecule has 0 aromatic heterocycles. The van der Waals surface area contributed by atoms with Crippen molar-refractivity contribution in [3.8, 4) is 11.5 Å². The third-order valence-electron chi connectivity index (χ3n) is 3.86. The van der Waals surface area contributed by atoms with Gasteiger partial charge in [0.15, 0.2) is 11.5 Å². The minimum Gasteiger partial charge on any atom is -0.486 e. The van der Waals surface area contributed by atoms with Crippen molar-refractivity contribution in [1.82, 2.24) is 5.32 Å². The minimum absolute atomic E-state index is 0.0347. The maximum atomic E-state index is 11.3. The summed E-state index contributed by atoms with van der Waals surface area (Å²) in [7, 11) is 0. The number of aliphatic carboxylic acids is 1. The predicted octanol–water partition coefficient (Wildman–Crippen LogP) is 1.97. The molecule has 1 aromatic rings. The number of ether oxygens (including phenoxy) is 2. The number of carbonyl (C=O) groups is 1. The summed E-state index contributed by atoms with van der Waals surface area (Å²) in [6.45, 7) is 3.10. The Labute approximate surface area is 117 Å². The highest BCUT2D eigenvalue weighted by atomic mass is 16.6. The van der Waals surface area contributed by atoms with Crippen LogP contribution in [-0.2, 0) is 4.79 Å². The molecule has 0 bridgehead atoms. The molecule has 5 heteroatoms. The van der Waals surface area contributed by atoms with E-state index in [9.17, 15) is 9.90 Å². The molecule has 1 fully saturated rings. The third kappa shape index (κ3) is 2.72. The molecule has 2 atom stereocenters. The van der Waals surface area contributed by atoms with Crippen LogP contribution in [0, 0.1) is 5.92 Å². The van der Waals surface area contributed by atoms with Crippen LogP contribution in [0.1, 0.15) is 31.4 Å². The van der Waals surface area contributed by atoms with E-state index < -0.39 is 12.0 Å². The molecule has 0 saturated heterocycles. The summed E-state index contributed by atoms with van der Waals surface area (Å²) < 4.78 is 11.0. The monoisotopic (exact) mass is 277 g/mol. The molecule has 1 aliphatic heterocycles. The molecule has 1 saturated carbocycles. The third-order valence-corrected chi connectivity index (χ3v) is 3.86. The molecule has 108 valence electrons. The van der Waals surface area contributed by atoms with Crippen LogP contribution in [0.4, 0.5) is 0 Å². The van der Waals surface area contributed by atoms with Crippen LogP contribution in [-0.4, -0.2) is 30.3 Å². The second-order valence-electron chi connectivity index (χ2n) is 5.44. The van der Waals surface area contributed by atoms with E-state index >= 15 is 0 Å². The molecule has 0 spiro atoms. The summed E-state index contributed by atoms with van der Waals surface area (Å²) >= 11 is 0. The Morgan fingerprint density at radius 1 is 1.30 bits per heavy atom. The van der Waals surface area contributed by atoms with Crippen molar-refractivity contribution in [2.24, 2.45) is 5.92 Å². The van der Waals surface area contributed by atoms with Crippen molar-refractivity contribution < 1.29 is 19.4 Å². The zero-order chi connectivity index (χ0) is 14.1. The Hall–Kier alpha value is -1.75. The fraction of sp³-hybridized carbons (Fsp3) is 0.533. The first-order valence-corrected chi connectivity index (χ1v) is 7.03. The average molecular weight is 277 g/mol. The lowest BCUT2D eigenvalue weighted by molar-refractivity contribution is -0.140. The van der Waals surface area contributed by atoms with Gasteiger partial charge in [0.2, 0.25) is 0 Å². The van der Waals surface area contributed by atoms with Crippen molar-refractivity contribution in [2.75, 3.05) is 13.2 Å². The quantitative estimate of drug-likeness (QED) is 0.861. The lowest BCUT2D eigenvalue weighted by Crippen LogP contribution is -2.40. The number of fused-ring (bicyclic) bond motifs is 1. The van der Waals surface area contributed by atoms with Crippen LogP contribution in [0.2, 0.25) is 0 Å². The standard InChI is InChI=1S/C15H19NO4/c1-9(16-14(15(17)18)10-2-3-10)11-4-5-12-13(8-11)20-7-6-19-12/h4-5,8-10,14,16H,2-3,6-7H2,1H3,(H,17,18). The number of rotatable bonds is 5. The van der Waals surface area contributed by atoms with Crippen molar-refractivity contribution >= 4 is 5.97 Å². The van der Waals surface area contributed by atoms with Crippen LogP contribution >= 0.6 is 0 Å². The molecule has 1 aromatic carbocycles. The van der Waals surface area contributed by atoms with Gasteiger partial charge in [-0.15, -0.1) is 0 Å². The van der Waals surface area contributed by atoms with Gasteiger partial charge in [0.05, 0.1) is 0 Å². The van der Waals surface area contributed by atoms with Gasteiger partial charge in [-0.1, -0.05) is 6.07 Å². The molecule has 2 unspecified atom stereocenters. The van der Waals surface area contributed by atoms with Gasteiger partial charge in [-0.05, 0) is 43.4 Å². The van der Waals surface area contributed by atoms with E-state index in [0.29, 0.717) is 13.2 Å². The fourth-order valence-electron chi connectivity index (χ4n) is 2.53. The number of hydrogen-bond acceptors (Lipinski definition) is 4. The summed E-state index contributed by atoms with van der Waals surface area (Å²) in [6.07, 6.45) is 2.00. The molecule has 2 N–H and O–H groups in total. The first kappa shape index (κ1) is 13.2. The summed E-state index contributed by atoms with van der Waals surface area (Å²) in [5.74, 6) is 0.994. The summed E-state index contributed by atoms with van der Waals surface area (Å²) in [4.78, 5) is 11.3. The maximum absolute atomic E-state index is 11.3. The summed E-state index contributed by atoms with van der Waals surface area (Å²) in [5.41, 5.74) is 1.01. The molecule has 1 heterocycles. The Morgan fingerprint density at radius 3 is 2.65 bits per heavy atom. The fourth-order valence-corrected chi connectivity index (χ4v) is 2.53. The molecular weight excluding hydrogens is 258 g/mol. The van der Waals surface area contributed by atoms with E-state index in [1.807, 2.05) is 25.1 Å². The SMILES string of the molecule is CC(NC(C(=O)O)C1CC1)c1ccc2c(c1)OCCO2. The number of carboxylic acid groups (broad SMARTS) is 1. The lowest BCUT2D eigenvalue weighted by atomic mass is 10.0. The molecular formula is C15H19NO4. The van der Waals surface area contributed by atoms with E-state index in [1.54, 1.807) is 0 Å². The number of nitrogens with one attached hydrogen (secondary N) is 1. The van der Waals surface area contributed by atoms with Gasteiger partial charge in [-0.25, -0.2) is 0 Å². The Bertz CT molecular complexity index is 513. The molecule has 1 aliphatic carbocycles. The Kier molecular flexibility index (Phi) is 3.53. The van der Waals surface area contributed by atoms with Crippen LogP contribution < -0.4 is 14.8 Å². The van der Waals surface area contributed by atoms with Crippen LogP contribution in [0.15, 0.2) is 18.2 Å². The molecule has 5 nitrogen and oxygen atoms in total. The predicted molar refractivity (Wildman–Crippen MR) is 73.1 cm³/mol. The van der Waals surface area contributed by atoms with Gasteiger partial charge < -0.3 is 14.6 Å². The first-order valence-electron chi connectivity index (χ1n) is 7.03. The largest absolute Gasteiger partial charge is 0.486 e. The van der Waals surface area contributed by atoms with E-state index in [-0.39, 0.29) is 12.0 Å². The van der Waals surface area contributed by atoms with Crippen molar-refractivity contribution in [2.45, 2.75) is 31.8 Å². The Balaban J connectivity index is 1.73. The van der Waals surface area contributed by atoms with Crippen molar-refractivity contribution in [1.29, 1.82) is 0 Å². The normalized spacial score (nSPS) is 20.2.